The summed E-state index contributed by atoms with van der Waals surface area (Å²) in [5, 5.41) is 9.00. The fourth-order valence-corrected chi connectivity index (χ4v) is 2.58. The normalized spacial score (nSPS) is 18.3. The Morgan fingerprint density at radius 3 is 2.27 bits per heavy atom. The van der Waals surface area contributed by atoms with Gasteiger partial charge < -0.3 is 9.84 Å². The number of benzene rings is 1. The summed E-state index contributed by atoms with van der Waals surface area (Å²) in [5.74, 6) is -1.58. The second-order valence-electron chi connectivity index (χ2n) is 6.40. The summed E-state index contributed by atoms with van der Waals surface area (Å²) in [5.41, 5.74) is 1.03. The third kappa shape index (κ3) is 2.96. The zero-order valence-electron chi connectivity index (χ0n) is 12.7. The lowest BCUT2D eigenvalue weighted by atomic mass is 9.82. The molecule has 0 aliphatic carbocycles. The van der Waals surface area contributed by atoms with Crippen molar-refractivity contribution in [2.45, 2.75) is 45.4 Å². The minimum absolute atomic E-state index is 0.0582. The first-order valence-electron chi connectivity index (χ1n) is 6.74. The number of fused-ring (bicyclic) bond motifs is 1. The summed E-state index contributed by atoms with van der Waals surface area (Å²) in [6.45, 7) is 7.68. The Labute approximate surface area is 126 Å². The molecule has 1 aliphatic heterocycles. The largest absolute Gasteiger partial charge is 0.478 e. The summed E-state index contributed by atoms with van der Waals surface area (Å²) in [6.07, 6.45) is -6.19. The molecule has 120 valence electrons. The number of hydrogen-bond donors (Lipinski definition) is 1. The number of aryl methyl sites for hydroxylation is 1. The van der Waals surface area contributed by atoms with E-state index in [2.05, 4.69) is 0 Å². The van der Waals surface area contributed by atoms with Crippen LogP contribution in [0, 0.1) is 6.92 Å². The Hall–Kier alpha value is -1.98. The van der Waals surface area contributed by atoms with Crippen molar-refractivity contribution < 1.29 is 27.8 Å². The number of carboxylic acids is 1. The fourth-order valence-electron chi connectivity index (χ4n) is 2.58. The highest BCUT2D eigenvalue weighted by molar-refractivity contribution is 5.95. The van der Waals surface area contributed by atoms with Crippen molar-refractivity contribution >= 4 is 12.0 Å². The van der Waals surface area contributed by atoms with Gasteiger partial charge in [-0.2, -0.15) is 13.2 Å². The predicted octanol–water partition coefficient (Wildman–Crippen LogP) is 4.08. The maximum atomic E-state index is 13.0. The predicted molar refractivity (Wildman–Crippen MR) is 76.0 cm³/mol. The second-order valence-corrected chi connectivity index (χ2v) is 6.40. The molecule has 0 saturated heterocycles. The molecule has 0 bridgehead atoms. The van der Waals surface area contributed by atoms with E-state index in [1.807, 2.05) is 27.7 Å². The van der Waals surface area contributed by atoms with Gasteiger partial charge in [-0.1, -0.05) is 20.8 Å². The van der Waals surface area contributed by atoms with Gasteiger partial charge in [-0.3, -0.25) is 0 Å². The highest BCUT2D eigenvalue weighted by Crippen LogP contribution is 2.40. The zero-order valence-corrected chi connectivity index (χ0v) is 12.7. The van der Waals surface area contributed by atoms with Crippen LogP contribution in [0.2, 0.25) is 0 Å². The maximum Gasteiger partial charge on any atom is 0.430 e. The summed E-state index contributed by atoms with van der Waals surface area (Å²) in [6, 6.07) is 3.23. The van der Waals surface area contributed by atoms with Gasteiger partial charge >= 0.3 is 12.1 Å². The van der Waals surface area contributed by atoms with Crippen LogP contribution in [0.5, 0.6) is 5.75 Å². The summed E-state index contributed by atoms with van der Waals surface area (Å²) in [7, 11) is 0. The average Bonchev–Trinajstić information content (AvgIpc) is 2.33. The van der Waals surface area contributed by atoms with Crippen LogP contribution in [-0.2, 0) is 10.2 Å². The van der Waals surface area contributed by atoms with Crippen LogP contribution >= 0.6 is 0 Å². The molecule has 1 aromatic carbocycles. The van der Waals surface area contributed by atoms with Gasteiger partial charge in [0, 0.05) is 5.56 Å². The number of aliphatic carboxylic acids is 1. The number of alkyl halides is 3. The third-order valence-electron chi connectivity index (χ3n) is 3.55. The van der Waals surface area contributed by atoms with Crippen LogP contribution in [0.15, 0.2) is 17.7 Å². The van der Waals surface area contributed by atoms with Gasteiger partial charge in [0.15, 0.2) is 0 Å². The molecule has 1 aromatic rings. The molecule has 22 heavy (non-hydrogen) atoms. The van der Waals surface area contributed by atoms with E-state index >= 15 is 0 Å². The molecule has 0 amide bonds. The standard InChI is InChI=1S/C16H17F3O3/c1-8-5-9-6-10(14(20)21)13(16(17,18)19)22-12(9)7-11(8)15(2,3)4/h5-7,13H,1-4H3,(H,20,21). The van der Waals surface area contributed by atoms with E-state index in [1.54, 1.807) is 12.1 Å². The minimum atomic E-state index is -4.78. The van der Waals surface area contributed by atoms with Gasteiger partial charge in [-0.25, -0.2) is 4.79 Å². The van der Waals surface area contributed by atoms with E-state index in [0.29, 0.717) is 5.56 Å². The average molecular weight is 314 g/mol. The topological polar surface area (TPSA) is 46.5 Å². The second kappa shape index (κ2) is 5.04. The lowest BCUT2D eigenvalue weighted by Gasteiger charge is -2.29. The first-order valence-corrected chi connectivity index (χ1v) is 6.74. The van der Waals surface area contributed by atoms with Crippen LogP contribution in [0.25, 0.3) is 6.08 Å². The number of halogens is 3. The van der Waals surface area contributed by atoms with E-state index in [4.69, 9.17) is 9.84 Å². The Morgan fingerprint density at radius 2 is 1.82 bits per heavy atom. The molecule has 2 rings (SSSR count). The van der Waals surface area contributed by atoms with Crippen molar-refractivity contribution in [3.8, 4) is 5.75 Å². The van der Waals surface area contributed by atoms with Crippen LogP contribution in [0.3, 0.4) is 0 Å². The highest BCUT2D eigenvalue weighted by Gasteiger charge is 2.48. The first kappa shape index (κ1) is 16.4. The lowest BCUT2D eigenvalue weighted by Crippen LogP contribution is -2.40. The van der Waals surface area contributed by atoms with E-state index in [9.17, 15) is 18.0 Å². The van der Waals surface area contributed by atoms with Crippen LogP contribution in [0.1, 0.15) is 37.5 Å². The highest BCUT2D eigenvalue weighted by atomic mass is 19.4. The van der Waals surface area contributed by atoms with Gasteiger partial charge in [-0.05, 0) is 41.7 Å². The van der Waals surface area contributed by atoms with Crippen molar-refractivity contribution in [1.82, 2.24) is 0 Å². The Kier molecular flexibility index (Phi) is 3.75. The van der Waals surface area contributed by atoms with Gasteiger partial charge in [-0.15, -0.1) is 0 Å². The Balaban J connectivity index is 2.61. The summed E-state index contributed by atoms with van der Waals surface area (Å²) >= 11 is 0. The molecule has 1 unspecified atom stereocenters. The molecule has 0 spiro atoms. The summed E-state index contributed by atoms with van der Waals surface area (Å²) in [4.78, 5) is 11.1. The SMILES string of the molecule is Cc1cc2c(cc1C(C)(C)C)OC(C(F)(F)F)C(C(=O)O)=C2. The smallest absolute Gasteiger partial charge is 0.430 e. The molecule has 0 aromatic heterocycles. The number of hydrogen-bond acceptors (Lipinski definition) is 2. The molecule has 1 N–H and O–H groups in total. The molecule has 0 fully saturated rings. The lowest BCUT2D eigenvalue weighted by molar-refractivity contribution is -0.187. The van der Waals surface area contributed by atoms with E-state index in [0.717, 1.165) is 17.2 Å². The van der Waals surface area contributed by atoms with E-state index < -0.39 is 23.8 Å². The fraction of sp³-hybridized carbons (Fsp3) is 0.438. The molecule has 1 atom stereocenters. The minimum Gasteiger partial charge on any atom is -0.478 e. The number of ether oxygens (including phenoxy) is 1. The number of rotatable bonds is 1. The zero-order chi connectivity index (χ0) is 16.9. The van der Waals surface area contributed by atoms with Crippen molar-refractivity contribution in [3.05, 3.63) is 34.4 Å². The van der Waals surface area contributed by atoms with Crippen molar-refractivity contribution in [1.29, 1.82) is 0 Å². The van der Waals surface area contributed by atoms with Crippen LogP contribution < -0.4 is 4.74 Å². The molecular formula is C16H17F3O3. The number of carbonyl (C=O) groups is 1. The Morgan fingerprint density at radius 1 is 1.23 bits per heavy atom. The summed E-state index contributed by atoms with van der Waals surface area (Å²) < 4.78 is 44.1. The molecule has 1 heterocycles. The monoisotopic (exact) mass is 314 g/mol. The van der Waals surface area contributed by atoms with E-state index in [-0.39, 0.29) is 11.2 Å². The van der Waals surface area contributed by atoms with Crippen molar-refractivity contribution in [2.24, 2.45) is 0 Å². The van der Waals surface area contributed by atoms with Crippen LogP contribution in [-0.4, -0.2) is 23.4 Å². The van der Waals surface area contributed by atoms with Crippen molar-refractivity contribution in [2.75, 3.05) is 0 Å². The first-order chi connectivity index (χ1) is 9.91. The maximum absolute atomic E-state index is 13.0. The molecule has 0 radical (unpaired) electrons. The Bertz CT molecular complexity index is 652. The van der Waals surface area contributed by atoms with Gasteiger partial charge in [0.2, 0.25) is 6.10 Å². The molecule has 6 heteroatoms. The number of carboxylic acid groups (broad SMARTS) is 1. The van der Waals surface area contributed by atoms with Gasteiger partial charge in [0.25, 0.3) is 0 Å². The van der Waals surface area contributed by atoms with Gasteiger partial charge in [0.1, 0.15) is 5.75 Å². The van der Waals surface area contributed by atoms with E-state index in [1.165, 1.54) is 0 Å². The quantitative estimate of drug-likeness (QED) is 0.849. The van der Waals surface area contributed by atoms with Crippen molar-refractivity contribution in [3.63, 3.8) is 0 Å². The molecule has 3 nitrogen and oxygen atoms in total. The van der Waals surface area contributed by atoms with Crippen LogP contribution in [0.4, 0.5) is 13.2 Å². The van der Waals surface area contributed by atoms with Gasteiger partial charge in [0.05, 0.1) is 5.57 Å². The molecular weight excluding hydrogens is 297 g/mol. The molecule has 0 saturated carbocycles. The molecule has 1 aliphatic rings. The third-order valence-corrected chi connectivity index (χ3v) is 3.55.